The van der Waals surface area contributed by atoms with Crippen molar-refractivity contribution in [2.45, 2.75) is 37.0 Å². The summed E-state index contributed by atoms with van der Waals surface area (Å²) in [5, 5.41) is 3.31. The second-order valence-electron chi connectivity index (χ2n) is 7.83. The van der Waals surface area contributed by atoms with E-state index in [-0.39, 0.29) is 10.8 Å². The normalized spacial score (nSPS) is 23.5. The number of fused-ring (bicyclic) bond motifs is 2. The summed E-state index contributed by atoms with van der Waals surface area (Å²) in [4.78, 5) is 12.5. The Morgan fingerprint density at radius 2 is 1.82 bits per heavy atom. The van der Waals surface area contributed by atoms with Gasteiger partial charge in [0.1, 0.15) is 0 Å². The fraction of sp³-hybridized carbons (Fsp3) is 0.381. The van der Waals surface area contributed by atoms with Crippen LogP contribution in [0, 0.1) is 17.8 Å². The average Bonchev–Trinajstić information content (AvgIpc) is 3.24. The number of carbonyl (C=O) groups excluding carboxylic acids is 1. The highest BCUT2D eigenvalue weighted by Gasteiger charge is 2.40. The van der Waals surface area contributed by atoms with Gasteiger partial charge in [0, 0.05) is 17.1 Å². The van der Waals surface area contributed by atoms with Gasteiger partial charge in [-0.1, -0.05) is 30.2 Å². The molecule has 0 aliphatic heterocycles. The SMILES string of the molecule is O=C(C[C@@H]1C[C@H]2CC[C@H]1C2)Nc1cccc(S(=O)(=O)Nc2cccc(Cl)c2)c1. The largest absolute Gasteiger partial charge is 0.326 e. The summed E-state index contributed by atoms with van der Waals surface area (Å²) in [6, 6.07) is 12.8. The van der Waals surface area contributed by atoms with Gasteiger partial charge < -0.3 is 5.32 Å². The van der Waals surface area contributed by atoms with Crippen LogP contribution in [0.25, 0.3) is 0 Å². The molecule has 148 valence electrons. The maximum Gasteiger partial charge on any atom is 0.261 e. The lowest BCUT2D eigenvalue weighted by Gasteiger charge is -2.21. The van der Waals surface area contributed by atoms with Crippen LogP contribution in [0.5, 0.6) is 0 Å². The molecule has 2 saturated carbocycles. The highest BCUT2D eigenvalue weighted by Crippen LogP contribution is 2.49. The monoisotopic (exact) mass is 418 g/mol. The number of amides is 1. The van der Waals surface area contributed by atoms with E-state index < -0.39 is 10.0 Å². The second-order valence-corrected chi connectivity index (χ2v) is 9.95. The highest BCUT2D eigenvalue weighted by molar-refractivity contribution is 7.92. The molecule has 0 heterocycles. The van der Waals surface area contributed by atoms with Crippen LogP contribution in [-0.2, 0) is 14.8 Å². The average molecular weight is 419 g/mol. The fourth-order valence-electron chi connectivity index (χ4n) is 4.58. The van der Waals surface area contributed by atoms with E-state index in [0.717, 1.165) is 12.3 Å². The van der Waals surface area contributed by atoms with Crippen LogP contribution < -0.4 is 10.0 Å². The molecule has 0 aromatic heterocycles. The molecule has 2 bridgehead atoms. The molecular formula is C21H23ClN2O3S. The lowest BCUT2D eigenvalue weighted by molar-refractivity contribution is -0.117. The number of sulfonamides is 1. The van der Waals surface area contributed by atoms with E-state index in [1.165, 1.54) is 31.4 Å². The molecular weight excluding hydrogens is 396 g/mol. The van der Waals surface area contributed by atoms with Crippen molar-refractivity contribution in [1.82, 2.24) is 0 Å². The summed E-state index contributed by atoms with van der Waals surface area (Å²) in [6.07, 6.45) is 5.48. The third-order valence-electron chi connectivity index (χ3n) is 5.84. The maximum absolute atomic E-state index is 12.6. The molecule has 0 radical (unpaired) electrons. The first-order valence-electron chi connectivity index (χ1n) is 9.57. The number of carbonyl (C=O) groups is 1. The first kappa shape index (κ1) is 19.3. The molecule has 1 amide bonds. The Kier molecular flexibility index (Phi) is 5.34. The third-order valence-corrected chi connectivity index (χ3v) is 7.45. The van der Waals surface area contributed by atoms with Crippen LogP contribution in [0.4, 0.5) is 11.4 Å². The molecule has 3 atom stereocenters. The van der Waals surface area contributed by atoms with Crippen molar-refractivity contribution in [3.05, 3.63) is 53.6 Å². The van der Waals surface area contributed by atoms with Crippen LogP contribution in [0.2, 0.25) is 5.02 Å². The number of nitrogens with one attached hydrogen (secondary N) is 2. The second kappa shape index (κ2) is 7.76. The van der Waals surface area contributed by atoms with Crippen molar-refractivity contribution in [1.29, 1.82) is 0 Å². The van der Waals surface area contributed by atoms with E-state index in [1.807, 2.05) is 0 Å². The first-order valence-corrected chi connectivity index (χ1v) is 11.4. The zero-order valence-electron chi connectivity index (χ0n) is 15.4. The van der Waals surface area contributed by atoms with Crippen LogP contribution >= 0.6 is 11.6 Å². The van der Waals surface area contributed by atoms with Crippen molar-refractivity contribution in [3.8, 4) is 0 Å². The Morgan fingerprint density at radius 1 is 1.04 bits per heavy atom. The molecule has 7 heteroatoms. The van der Waals surface area contributed by atoms with Gasteiger partial charge in [0.15, 0.2) is 0 Å². The quantitative estimate of drug-likeness (QED) is 0.700. The molecule has 2 aromatic rings. The molecule has 2 aliphatic carbocycles. The summed E-state index contributed by atoms with van der Waals surface area (Å²) >= 11 is 5.91. The Balaban J connectivity index is 1.42. The lowest BCUT2D eigenvalue weighted by atomic mass is 9.86. The Bertz CT molecular complexity index is 993. The van der Waals surface area contributed by atoms with Crippen molar-refractivity contribution >= 4 is 38.9 Å². The summed E-state index contributed by atoms with van der Waals surface area (Å²) in [5.41, 5.74) is 0.875. The predicted octanol–water partition coefficient (Wildman–Crippen LogP) is 4.91. The van der Waals surface area contributed by atoms with Crippen molar-refractivity contribution < 1.29 is 13.2 Å². The summed E-state index contributed by atoms with van der Waals surface area (Å²) in [5.74, 6) is 1.91. The van der Waals surface area contributed by atoms with Crippen LogP contribution in [0.3, 0.4) is 0 Å². The summed E-state index contributed by atoms with van der Waals surface area (Å²) in [6.45, 7) is 0. The number of hydrogen-bond acceptors (Lipinski definition) is 3. The van der Waals surface area contributed by atoms with E-state index in [4.69, 9.17) is 11.6 Å². The van der Waals surface area contributed by atoms with Gasteiger partial charge in [-0.2, -0.15) is 0 Å². The van der Waals surface area contributed by atoms with Gasteiger partial charge in [0.2, 0.25) is 5.91 Å². The summed E-state index contributed by atoms with van der Waals surface area (Å²) in [7, 11) is -3.78. The third kappa shape index (κ3) is 4.33. The van der Waals surface area contributed by atoms with Gasteiger partial charge in [0.05, 0.1) is 10.6 Å². The Morgan fingerprint density at radius 3 is 2.54 bits per heavy atom. The lowest BCUT2D eigenvalue weighted by Crippen LogP contribution is -2.20. The van der Waals surface area contributed by atoms with E-state index in [2.05, 4.69) is 10.0 Å². The standard InChI is InChI=1S/C21H23ClN2O3S/c22-17-3-1-5-19(12-17)24-28(26,27)20-6-2-4-18(13-20)23-21(25)11-16-10-14-7-8-15(16)9-14/h1-6,12-16,24H,7-11H2,(H,23,25)/t14-,15-,16-/m0/s1. The molecule has 4 rings (SSSR count). The molecule has 0 unspecified atom stereocenters. The molecule has 2 aliphatic rings. The first-order chi connectivity index (χ1) is 13.4. The molecule has 0 spiro atoms. The van der Waals surface area contributed by atoms with Gasteiger partial charge in [-0.3, -0.25) is 9.52 Å². The molecule has 2 fully saturated rings. The zero-order chi connectivity index (χ0) is 19.7. The van der Waals surface area contributed by atoms with E-state index >= 15 is 0 Å². The Labute approximate surface area is 170 Å². The number of hydrogen-bond donors (Lipinski definition) is 2. The topological polar surface area (TPSA) is 75.3 Å². The van der Waals surface area contributed by atoms with E-state index in [1.54, 1.807) is 36.4 Å². The van der Waals surface area contributed by atoms with E-state index in [9.17, 15) is 13.2 Å². The van der Waals surface area contributed by atoms with Gasteiger partial charge in [0.25, 0.3) is 10.0 Å². The number of halogens is 1. The molecule has 0 saturated heterocycles. The minimum absolute atomic E-state index is 0.0464. The van der Waals surface area contributed by atoms with Crippen LogP contribution in [0.15, 0.2) is 53.4 Å². The highest BCUT2D eigenvalue weighted by atomic mass is 35.5. The van der Waals surface area contributed by atoms with E-state index in [0.29, 0.717) is 34.7 Å². The van der Waals surface area contributed by atoms with Crippen LogP contribution in [-0.4, -0.2) is 14.3 Å². The van der Waals surface area contributed by atoms with Crippen LogP contribution in [0.1, 0.15) is 32.1 Å². The maximum atomic E-state index is 12.6. The zero-order valence-corrected chi connectivity index (χ0v) is 17.0. The van der Waals surface area contributed by atoms with Gasteiger partial charge >= 0.3 is 0 Å². The van der Waals surface area contributed by atoms with Gasteiger partial charge in [-0.25, -0.2) is 8.42 Å². The smallest absolute Gasteiger partial charge is 0.261 e. The fourth-order valence-corrected chi connectivity index (χ4v) is 5.87. The number of rotatable bonds is 6. The van der Waals surface area contributed by atoms with Gasteiger partial charge in [-0.15, -0.1) is 0 Å². The number of benzene rings is 2. The molecule has 2 N–H and O–H groups in total. The minimum Gasteiger partial charge on any atom is -0.326 e. The molecule has 2 aromatic carbocycles. The molecule has 28 heavy (non-hydrogen) atoms. The van der Waals surface area contributed by atoms with Gasteiger partial charge in [-0.05, 0) is 73.4 Å². The number of anilines is 2. The Hall–Kier alpha value is -2.05. The van der Waals surface area contributed by atoms with Crippen molar-refractivity contribution in [2.24, 2.45) is 17.8 Å². The summed E-state index contributed by atoms with van der Waals surface area (Å²) < 4.78 is 27.8. The van der Waals surface area contributed by atoms with Crippen molar-refractivity contribution in [2.75, 3.05) is 10.0 Å². The minimum atomic E-state index is -3.78. The molecule has 5 nitrogen and oxygen atoms in total. The predicted molar refractivity (Wildman–Crippen MR) is 111 cm³/mol. The van der Waals surface area contributed by atoms with Crippen molar-refractivity contribution in [3.63, 3.8) is 0 Å².